The molecule has 0 radical (unpaired) electrons. The zero-order valence-corrected chi connectivity index (χ0v) is 15.5. The fraction of sp³-hybridized carbons (Fsp3) is 0.0870. The number of carbonyl (C=O) groups is 1. The van der Waals surface area contributed by atoms with Gasteiger partial charge in [0, 0.05) is 16.7 Å². The number of aryl methyl sites for hydroxylation is 1. The molecular formula is C23H17ClO3. The molecule has 0 bridgehead atoms. The van der Waals surface area contributed by atoms with E-state index in [0.717, 1.165) is 16.7 Å². The molecule has 0 atom stereocenters. The van der Waals surface area contributed by atoms with E-state index in [-0.39, 0.29) is 5.78 Å². The molecule has 134 valence electrons. The van der Waals surface area contributed by atoms with Crippen molar-refractivity contribution < 1.29 is 14.3 Å². The Kier molecular flexibility index (Phi) is 4.69. The number of Topliss-reactive ketones (excluding diaryl/α,β-unsaturated/α-hetero) is 1. The maximum atomic E-state index is 12.6. The first kappa shape index (κ1) is 17.4. The molecule has 1 heterocycles. The van der Waals surface area contributed by atoms with Gasteiger partial charge in [0.15, 0.2) is 5.76 Å². The Morgan fingerprint density at radius 1 is 1.04 bits per heavy atom. The molecule has 0 spiro atoms. The number of hydrogen-bond donors (Lipinski definition) is 0. The summed E-state index contributed by atoms with van der Waals surface area (Å²) in [6.07, 6.45) is 1.78. The molecule has 0 aromatic heterocycles. The minimum absolute atomic E-state index is 0.120. The van der Waals surface area contributed by atoms with E-state index in [1.165, 1.54) is 0 Å². The van der Waals surface area contributed by atoms with Crippen molar-refractivity contribution >= 4 is 23.5 Å². The molecular weight excluding hydrogens is 360 g/mol. The SMILES string of the molecule is Cc1ccccc1/C=C1/Oc2cc(OCc3ccccc3Cl)ccc2C1=O. The average molecular weight is 377 g/mol. The summed E-state index contributed by atoms with van der Waals surface area (Å²) in [7, 11) is 0. The summed E-state index contributed by atoms with van der Waals surface area (Å²) < 4.78 is 11.6. The van der Waals surface area contributed by atoms with Crippen molar-refractivity contribution in [3.05, 3.63) is 99.8 Å². The molecule has 0 saturated heterocycles. The standard InChI is InChI=1S/C23H17ClO3/c1-15-6-2-3-7-16(15)12-22-23(25)19-11-10-18(13-21(19)27-22)26-14-17-8-4-5-9-20(17)24/h2-13H,14H2,1H3/b22-12+. The Balaban J connectivity index is 1.54. The van der Waals surface area contributed by atoms with E-state index in [4.69, 9.17) is 21.1 Å². The Labute approximate surface area is 162 Å². The van der Waals surface area contributed by atoms with Crippen molar-refractivity contribution in [1.82, 2.24) is 0 Å². The van der Waals surface area contributed by atoms with Gasteiger partial charge in [0.2, 0.25) is 5.78 Å². The van der Waals surface area contributed by atoms with Crippen molar-refractivity contribution in [2.75, 3.05) is 0 Å². The summed E-state index contributed by atoms with van der Waals surface area (Å²) in [4.78, 5) is 12.6. The van der Waals surface area contributed by atoms with Crippen molar-refractivity contribution in [3.8, 4) is 11.5 Å². The van der Waals surface area contributed by atoms with E-state index in [2.05, 4.69) is 0 Å². The molecule has 0 amide bonds. The van der Waals surface area contributed by atoms with Crippen LogP contribution in [0.5, 0.6) is 11.5 Å². The Bertz CT molecular complexity index is 1050. The molecule has 0 fully saturated rings. The highest BCUT2D eigenvalue weighted by Gasteiger charge is 2.27. The highest BCUT2D eigenvalue weighted by atomic mass is 35.5. The normalized spacial score (nSPS) is 14.1. The number of hydrogen-bond acceptors (Lipinski definition) is 3. The van der Waals surface area contributed by atoms with Gasteiger partial charge < -0.3 is 9.47 Å². The molecule has 0 N–H and O–H groups in total. The summed E-state index contributed by atoms with van der Waals surface area (Å²) in [6.45, 7) is 2.35. The van der Waals surface area contributed by atoms with E-state index in [1.54, 1.807) is 24.3 Å². The van der Waals surface area contributed by atoms with Crippen LogP contribution in [0.15, 0.2) is 72.5 Å². The maximum absolute atomic E-state index is 12.6. The molecule has 3 aromatic carbocycles. The number of benzene rings is 3. The highest BCUT2D eigenvalue weighted by molar-refractivity contribution is 6.31. The first-order valence-corrected chi connectivity index (χ1v) is 9.00. The van der Waals surface area contributed by atoms with E-state index >= 15 is 0 Å². The van der Waals surface area contributed by atoms with Crippen LogP contribution in [-0.4, -0.2) is 5.78 Å². The quantitative estimate of drug-likeness (QED) is 0.536. The lowest BCUT2D eigenvalue weighted by Crippen LogP contribution is -1.98. The summed E-state index contributed by atoms with van der Waals surface area (Å²) >= 11 is 6.16. The summed E-state index contributed by atoms with van der Waals surface area (Å²) in [5.41, 5.74) is 3.49. The highest BCUT2D eigenvalue weighted by Crippen LogP contribution is 2.35. The number of carbonyl (C=O) groups excluding carboxylic acids is 1. The van der Waals surface area contributed by atoms with Crippen molar-refractivity contribution in [3.63, 3.8) is 0 Å². The zero-order valence-electron chi connectivity index (χ0n) is 14.7. The van der Waals surface area contributed by atoms with E-state index in [0.29, 0.717) is 34.5 Å². The van der Waals surface area contributed by atoms with Crippen LogP contribution >= 0.6 is 11.6 Å². The molecule has 3 nitrogen and oxygen atoms in total. The van der Waals surface area contributed by atoms with Gasteiger partial charge in [-0.2, -0.15) is 0 Å². The maximum Gasteiger partial charge on any atom is 0.231 e. The summed E-state index contributed by atoms with van der Waals surface area (Å²) in [5, 5.41) is 0.661. The molecule has 0 saturated carbocycles. The van der Waals surface area contributed by atoms with Crippen LogP contribution in [0.3, 0.4) is 0 Å². The molecule has 4 heteroatoms. The second-order valence-corrected chi connectivity index (χ2v) is 6.74. The molecule has 0 unspecified atom stereocenters. The van der Waals surface area contributed by atoms with Crippen molar-refractivity contribution in [2.24, 2.45) is 0 Å². The molecule has 1 aliphatic rings. The number of fused-ring (bicyclic) bond motifs is 1. The van der Waals surface area contributed by atoms with Gasteiger partial charge in [0.25, 0.3) is 0 Å². The van der Waals surface area contributed by atoms with Gasteiger partial charge in [-0.3, -0.25) is 4.79 Å². The smallest absolute Gasteiger partial charge is 0.231 e. The first-order chi connectivity index (χ1) is 13.1. The van der Waals surface area contributed by atoms with Gasteiger partial charge in [-0.15, -0.1) is 0 Å². The van der Waals surface area contributed by atoms with Crippen LogP contribution < -0.4 is 9.47 Å². The third-order valence-corrected chi connectivity index (χ3v) is 4.84. The number of ether oxygens (including phenoxy) is 2. The van der Waals surface area contributed by atoms with Crippen LogP contribution in [0.1, 0.15) is 27.0 Å². The number of ketones is 1. The van der Waals surface area contributed by atoms with Crippen LogP contribution in [0.25, 0.3) is 6.08 Å². The number of rotatable bonds is 4. The van der Waals surface area contributed by atoms with Gasteiger partial charge in [-0.1, -0.05) is 54.1 Å². The minimum Gasteiger partial charge on any atom is -0.489 e. The van der Waals surface area contributed by atoms with Crippen molar-refractivity contribution in [1.29, 1.82) is 0 Å². The molecule has 0 aliphatic carbocycles. The van der Waals surface area contributed by atoms with E-state index in [9.17, 15) is 4.79 Å². The fourth-order valence-corrected chi connectivity index (χ4v) is 3.11. The van der Waals surface area contributed by atoms with Crippen molar-refractivity contribution in [2.45, 2.75) is 13.5 Å². The first-order valence-electron chi connectivity index (χ1n) is 8.62. The Morgan fingerprint density at radius 2 is 1.81 bits per heavy atom. The van der Waals surface area contributed by atoms with Gasteiger partial charge in [0.05, 0.1) is 5.56 Å². The third-order valence-electron chi connectivity index (χ3n) is 4.47. The second-order valence-electron chi connectivity index (χ2n) is 6.33. The monoisotopic (exact) mass is 376 g/mol. The summed E-state index contributed by atoms with van der Waals surface area (Å²) in [6, 6.07) is 20.6. The lowest BCUT2D eigenvalue weighted by Gasteiger charge is -2.08. The average Bonchev–Trinajstić information content (AvgIpc) is 2.98. The number of halogens is 1. The van der Waals surface area contributed by atoms with Gasteiger partial charge in [-0.25, -0.2) is 0 Å². The predicted molar refractivity (Wildman–Crippen MR) is 106 cm³/mol. The molecule has 3 aromatic rings. The van der Waals surface area contributed by atoms with E-state index < -0.39 is 0 Å². The van der Waals surface area contributed by atoms with Gasteiger partial charge in [0.1, 0.15) is 18.1 Å². The second kappa shape index (κ2) is 7.29. The van der Waals surface area contributed by atoms with Crippen LogP contribution in [0.2, 0.25) is 5.02 Å². The lowest BCUT2D eigenvalue weighted by molar-refractivity contribution is 0.101. The minimum atomic E-state index is -0.120. The fourth-order valence-electron chi connectivity index (χ4n) is 2.92. The third kappa shape index (κ3) is 3.60. The zero-order chi connectivity index (χ0) is 18.8. The molecule has 1 aliphatic heterocycles. The van der Waals surface area contributed by atoms with E-state index in [1.807, 2.05) is 55.5 Å². The van der Waals surface area contributed by atoms with Crippen LogP contribution in [-0.2, 0) is 6.61 Å². The predicted octanol–water partition coefficient (Wildman–Crippen LogP) is 5.84. The topological polar surface area (TPSA) is 35.5 Å². The van der Waals surface area contributed by atoms with Crippen LogP contribution in [0, 0.1) is 6.92 Å². The molecule has 27 heavy (non-hydrogen) atoms. The Morgan fingerprint density at radius 3 is 2.63 bits per heavy atom. The summed E-state index contributed by atoms with van der Waals surface area (Å²) in [5.74, 6) is 1.34. The number of allylic oxidation sites excluding steroid dienone is 1. The van der Waals surface area contributed by atoms with Gasteiger partial charge >= 0.3 is 0 Å². The largest absolute Gasteiger partial charge is 0.489 e. The van der Waals surface area contributed by atoms with Crippen LogP contribution in [0.4, 0.5) is 0 Å². The lowest BCUT2D eigenvalue weighted by atomic mass is 10.1. The Hall–Kier alpha value is -3.04. The molecule has 4 rings (SSSR count). The van der Waals surface area contributed by atoms with Gasteiger partial charge in [-0.05, 0) is 42.3 Å².